The topological polar surface area (TPSA) is 112 Å². The lowest BCUT2D eigenvalue weighted by atomic mass is 10.1. The van der Waals surface area contributed by atoms with Gasteiger partial charge in [-0.3, -0.25) is 9.59 Å². The molecule has 3 aromatic rings. The van der Waals surface area contributed by atoms with E-state index in [1.165, 1.54) is 12.1 Å². The van der Waals surface area contributed by atoms with E-state index in [0.717, 1.165) is 12.1 Å². The first-order chi connectivity index (χ1) is 14.6. The van der Waals surface area contributed by atoms with Crippen LogP contribution in [0.3, 0.4) is 0 Å². The second kappa shape index (κ2) is 8.68. The van der Waals surface area contributed by atoms with Crippen molar-refractivity contribution < 1.29 is 27.1 Å². The first kappa shape index (κ1) is 22.2. The molecule has 0 aliphatic heterocycles. The number of carbonyl (C=O) groups is 1. The summed E-state index contributed by atoms with van der Waals surface area (Å²) < 4.78 is 53.9. The molecule has 0 radical (unpaired) electrons. The molecule has 1 heterocycles. The highest BCUT2D eigenvalue weighted by atomic mass is 19.1. The summed E-state index contributed by atoms with van der Waals surface area (Å²) >= 11 is 0. The number of anilines is 2. The number of nitrogens with two attached hydrogens (primary N) is 2. The molecule has 0 atom stereocenters. The van der Waals surface area contributed by atoms with Crippen LogP contribution >= 0.6 is 0 Å². The van der Waals surface area contributed by atoms with Crippen molar-refractivity contribution in [2.75, 3.05) is 32.1 Å². The largest absolute Gasteiger partial charge is 0.461 e. The van der Waals surface area contributed by atoms with Gasteiger partial charge in [-0.05, 0) is 32.3 Å². The third-order valence-electron chi connectivity index (χ3n) is 4.61. The number of carbonyl (C=O) groups excluding carboxylic acids is 1. The summed E-state index contributed by atoms with van der Waals surface area (Å²) in [5.41, 5.74) is 8.38. The van der Waals surface area contributed by atoms with E-state index in [1.807, 2.05) is 0 Å². The average Bonchev–Trinajstić information content (AvgIpc) is 2.72. The molecule has 0 spiro atoms. The van der Waals surface area contributed by atoms with E-state index in [-0.39, 0.29) is 23.4 Å². The predicted octanol–water partition coefficient (Wildman–Crippen LogP) is 3.04. The quantitative estimate of drug-likeness (QED) is 0.452. The molecule has 7 nitrogen and oxygen atoms in total. The summed E-state index contributed by atoms with van der Waals surface area (Å²) in [4.78, 5) is 26.0. The first-order valence-corrected chi connectivity index (χ1v) is 9.19. The van der Waals surface area contributed by atoms with E-state index in [0.29, 0.717) is 6.54 Å². The van der Waals surface area contributed by atoms with E-state index in [4.69, 9.17) is 20.6 Å². The second-order valence-electron chi connectivity index (χ2n) is 7.15. The third kappa shape index (κ3) is 4.48. The highest BCUT2D eigenvalue weighted by Crippen LogP contribution is 2.32. The van der Waals surface area contributed by atoms with Crippen molar-refractivity contribution in [2.24, 2.45) is 0 Å². The zero-order chi connectivity index (χ0) is 22.9. The Morgan fingerprint density at radius 2 is 1.84 bits per heavy atom. The third-order valence-corrected chi connectivity index (χ3v) is 4.61. The number of halogens is 3. The predicted molar refractivity (Wildman–Crippen MR) is 110 cm³/mol. The second-order valence-corrected chi connectivity index (χ2v) is 7.15. The maximum atomic E-state index is 15.1. The smallest absolute Gasteiger partial charge is 0.307 e. The van der Waals surface area contributed by atoms with Gasteiger partial charge in [-0.1, -0.05) is 0 Å². The molecule has 0 aliphatic carbocycles. The van der Waals surface area contributed by atoms with Gasteiger partial charge in [0.05, 0.1) is 28.7 Å². The van der Waals surface area contributed by atoms with Crippen LogP contribution in [0.1, 0.15) is 12.0 Å². The maximum Gasteiger partial charge on any atom is 0.307 e. The Morgan fingerprint density at radius 1 is 1.13 bits per heavy atom. The molecule has 4 N–H and O–H groups in total. The number of ether oxygens (including phenoxy) is 1. The molecule has 0 saturated carbocycles. The van der Waals surface area contributed by atoms with Crippen LogP contribution in [0, 0.1) is 17.5 Å². The Bertz CT molecular complexity index is 1220. The van der Waals surface area contributed by atoms with Gasteiger partial charge in [-0.25, -0.2) is 13.2 Å². The van der Waals surface area contributed by atoms with Crippen LogP contribution in [0.5, 0.6) is 0 Å². The number of nitrogen functional groups attached to an aromatic ring is 2. The molecular weight excluding hydrogens is 415 g/mol. The Labute approximate surface area is 175 Å². The Morgan fingerprint density at radius 3 is 2.48 bits per heavy atom. The number of fused-ring (bicyclic) bond motifs is 1. The van der Waals surface area contributed by atoms with Gasteiger partial charge < -0.3 is 25.5 Å². The zero-order valence-corrected chi connectivity index (χ0v) is 16.8. The number of benzene rings is 2. The molecule has 31 heavy (non-hydrogen) atoms. The molecule has 3 rings (SSSR count). The van der Waals surface area contributed by atoms with Gasteiger partial charge in [-0.15, -0.1) is 0 Å². The molecule has 1 aromatic heterocycles. The summed E-state index contributed by atoms with van der Waals surface area (Å²) in [6.45, 7) is -0.353. The Balaban J connectivity index is 2.06. The summed E-state index contributed by atoms with van der Waals surface area (Å²) in [7, 11) is 3.51. The SMILES string of the molecule is CN(C)CCC(=O)OCc1c(F)c(N)c2c(=O)cc(-c3ccc(N)c(F)c3)oc2c1F. The number of nitrogens with zero attached hydrogens (tertiary/aromatic N) is 1. The summed E-state index contributed by atoms with van der Waals surface area (Å²) in [5.74, 6) is -4.06. The van der Waals surface area contributed by atoms with Gasteiger partial charge in [0.25, 0.3) is 0 Å². The van der Waals surface area contributed by atoms with Crippen LogP contribution in [0.25, 0.3) is 22.3 Å². The van der Waals surface area contributed by atoms with Crippen LogP contribution < -0.4 is 16.9 Å². The molecule has 0 bridgehead atoms. The van der Waals surface area contributed by atoms with Crippen LogP contribution in [0.15, 0.2) is 33.5 Å². The van der Waals surface area contributed by atoms with Crippen LogP contribution in [0.2, 0.25) is 0 Å². The Kier molecular flexibility index (Phi) is 6.21. The molecule has 2 aromatic carbocycles. The van der Waals surface area contributed by atoms with Gasteiger partial charge >= 0.3 is 5.97 Å². The van der Waals surface area contributed by atoms with Gasteiger partial charge in [0.15, 0.2) is 22.6 Å². The van der Waals surface area contributed by atoms with E-state index < -0.39 is 57.7 Å². The van der Waals surface area contributed by atoms with Crippen molar-refractivity contribution in [2.45, 2.75) is 13.0 Å². The minimum Gasteiger partial charge on any atom is -0.461 e. The molecule has 0 aliphatic rings. The monoisotopic (exact) mass is 435 g/mol. The van der Waals surface area contributed by atoms with Crippen molar-refractivity contribution in [3.05, 3.63) is 57.5 Å². The van der Waals surface area contributed by atoms with E-state index in [9.17, 15) is 18.4 Å². The van der Waals surface area contributed by atoms with Gasteiger partial charge in [0.2, 0.25) is 0 Å². The lowest BCUT2D eigenvalue weighted by Crippen LogP contribution is -2.18. The van der Waals surface area contributed by atoms with Crippen LogP contribution in [0.4, 0.5) is 24.5 Å². The lowest BCUT2D eigenvalue weighted by molar-refractivity contribution is -0.145. The molecule has 0 fully saturated rings. The highest BCUT2D eigenvalue weighted by molar-refractivity contribution is 5.91. The average molecular weight is 435 g/mol. The molecular formula is C21H20F3N3O4. The lowest BCUT2D eigenvalue weighted by Gasteiger charge is -2.13. The van der Waals surface area contributed by atoms with Crippen molar-refractivity contribution in [3.8, 4) is 11.3 Å². The minimum absolute atomic E-state index is 0.0151. The number of hydrogen-bond acceptors (Lipinski definition) is 7. The molecule has 0 unspecified atom stereocenters. The van der Waals surface area contributed by atoms with Crippen molar-refractivity contribution >= 4 is 28.3 Å². The molecule has 0 saturated heterocycles. The summed E-state index contributed by atoms with van der Waals surface area (Å²) in [6.07, 6.45) is 0.0151. The fourth-order valence-electron chi connectivity index (χ4n) is 2.90. The van der Waals surface area contributed by atoms with Gasteiger partial charge in [0, 0.05) is 18.2 Å². The van der Waals surface area contributed by atoms with Crippen molar-refractivity contribution in [1.82, 2.24) is 4.90 Å². The van der Waals surface area contributed by atoms with Crippen molar-refractivity contribution in [3.63, 3.8) is 0 Å². The standard InChI is InChI=1S/C21H20F3N3O4/c1-27(2)6-5-16(29)30-9-11-18(23)20(26)17-14(28)8-15(31-21(17)19(11)24)10-3-4-13(25)12(22)7-10/h3-4,7-8H,5-6,9,25-26H2,1-2H3. The number of esters is 1. The van der Waals surface area contributed by atoms with Crippen LogP contribution in [-0.2, 0) is 16.1 Å². The fraction of sp³-hybridized carbons (Fsp3) is 0.238. The number of rotatable bonds is 6. The summed E-state index contributed by atoms with van der Waals surface area (Å²) in [6, 6.07) is 4.59. The number of hydrogen-bond donors (Lipinski definition) is 2. The highest BCUT2D eigenvalue weighted by Gasteiger charge is 2.24. The van der Waals surface area contributed by atoms with Crippen LogP contribution in [-0.4, -0.2) is 31.5 Å². The first-order valence-electron chi connectivity index (χ1n) is 9.19. The van der Waals surface area contributed by atoms with Gasteiger partial charge in [0.1, 0.15) is 18.2 Å². The fourth-order valence-corrected chi connectivity index (χ4v) is 2.90. The summed E-state index contributed by atoms with van der Waals surface area (Å²) in [5, 5.41) is -0.502. The zero-order valence-electron chi connectivity index (χ0n) is 16.8. The maximum absolute atomic E-state index is 15.1. The molecule has 164 valence electrons. The van der Waals surface area contributed by atoms with Crippen molar-refractivity contribution in [1.29, 1.82) is 0 Å². The van der Waals surface area contributed by atoms with E-state index in [1.54, 1.807) is 19.0 Å². The molecule has 0 amide bonds. The van der Waals surface area contributed by atoms with E-state index in [2.05, 4.69) is 0 Å². The Hall–Kier alpha value is -3.53. The molecule has 10 heteroatoms. The van der Waals surface area contributed by atoms with Gasteiger partial charge in [-0.2, -0.15) is 0 Å². The minimum atomic E-state index is -1.24. The normalized spacial score (nSPS) is 11.3. The van der Waals surface area contributed by atoms with E-state index >= 15 is 4.39 Å².